The Bertz CT molecular complexity index is 426. The summed E-state index contributed by atoms with van der Waals surface area (Å²) < 4.78 is 1.63. The van der Waals surface area contributed by atoms with Gasteiger partial charge in [0.15, 0.2) is 5.82 Å². The number of hydrogen-bond acceptors (Lipinski definition) is 4. The Labute approximate surface area is 108 Å². The minimum atomic E-state index is -0.811. The lowest BCUT2D eigenvalue weighted by Crippen LogP contribution is -2.35. The first-order chi connectivity index (χ1) is 8.50. The van der Waals surface area contributed by atoms with Crippen molar-refractivity contribution in [3.05, 3.63) is 22.7 Å². The fourth-order valence-corrected chi connectivity index (χ4v) is 1.89. The molecule has 0 fully saturated rings. The van der Waals surface area contributed by atoms with Crippen molar-refractivity contribution in [3.8, 4) is 0 Å². The van der Waals surface area contributed by atoms with Crippen molar-refractivity contribution in [2.45, 2.75) is 52.2 Å². The van der Waals surface area contributed by atoms with Crippen molar-refractivity contribution >= 4 is 5.82 Å². The summed E-state index contributed by atoms with van der Waals surface area (Å²) in [6.07, 6.45) is 5.78. The molecule has 0 bridgehead atoms. The SMILES string of the molecule is CCCn1ccnc(NCC(C)(O)CCC)c1=O. The fourth-order valence-electron chi connectivity index (χ4n) is 1.89. The minimum Gasteiger partial charge on any atom is -0.388 e. The molecule has 2 N–H and O–H groups in total. The highest BCUT2D eigenvalue weighted by Crippen LogP contribution is 2.11. The van der Waals surface area contributed by atoms with Crippen LogP contribution in [-0.4, -0.2) is 26.8 Å². The molecule has 0 radical (unpaired) electrons. The van der Waals surface area contributed by atoms with Gasteiger partial charge in [0.25, 0.3) is 5.56 Å². The lowest BCUT2D eigenvalue weighted by molar-refractivity contribution is 0.0635. The highest BCUT2D eigenvalue weighted by Gasteiger charge is 2.19. The van der Waals surface area contributed by atoms with E-state index < -0.39 is 5.60 Å². The zero-order valence-electron chi connectivity index (χ0n) is 11.4. The normalized spacial score (nSPS) is 14.2. The van der Waals surface area contributed by atoms with E-state index in [4.69, 9.17) is 0 Å². The number of nitrogens with zero attached hydrogens (tertiary/aromatic N) is 2. The summed E-state index contributed by atoms with van der Waals surface area (Å²) in [4.78, 5) is 16.0. The Morgan fingerprint density at radius 2 is 2.17 bits per heavy atom. The van der Waals surface area contributed by atoms with Crippen LogP contribution in [0.25, 0.3) is 0 Å². The lowest BCUT2D eigenvalue weighted by atomic mass is 10.0. The number of hydrogen-bond donors (Lipinski definition) is 2. The van der Waals surface area contributed by atoms with E-state index in [0.717, 1.165) is 12.8 Å². The minimum absolute atomic E-state index is 0.133. The van der Waals surface area contributed by atoms with Gasteiger partial charge in [-0.1, -0.05) is 20.3 Å². The van der Waals surface area contributed by atoms with Crippen LogP contribution in [0.1, 0.15) is 40.0 Å². The van der Waals surface area contributed by atoms with Gasteiger partial charge in [-0.3, -0.25) is 4.79 Å². The fraction of sp³-hybridized carbons (Fsp3) is 0.692. The van der Waals surface area contributed by atoms with Crippen LogP contribution < -0.4 is 10.9 Å². The van der Waals surface area contributed by atoms with Crippen LogP contribution in [0.3, 0.4) is 0 Å². The second-order valence-corrected chi connectivity index (χ2v) is 4.87. The Balaban J connectivity index is 2.74. The van der Waals surface area contributed by atoms with Crippen molar-refractivity contribution in [1.29, 1.82) is 0 Å². The predicted octanol–water partition coefficient (Wildman–Crippen LogP) is 1.62. The van der Waals surface area contributed by atoms with Gasteiger partial charge >= 0.3 is 0 Å². The van der Waals surface area contributed by atoms with Gasteiger partial charge in [0.1, 0.15) is 0 Å². The van der Waals surface area contributed by atoms with Gasteiger partial charge in [-0.2, -0.15) is 0 Å². The predicted molar refractivity (Wildman–Crippen MR) is 72.8 cm³/mol. The van der Waals surface area contributed by atoms with Crippen LogP contribution in [0.15, 0.2) is 17.2 Å². The largest absolute Gasteiger partial charge is 0.388 e. The summed E-state index contributed by atoms with van der Waals surface area (Å²) in [6.45, 7) is 6.81. The molecule has 1 heterocycles. The molecule has 0 saturated carbocycles. The molecule has 0 aliphatic rings. The van der Waals surface area contributed by atoms with Crippen LogP contribution in [0, 0.1) is 0 Å². The zero-order valence-corrected chi connectivity index (χ0v) is 11.4. The van der Waals surface area contributed by atoms with Crippen LogP contribution in [0.5, 0.6) is 0 Å². The van der Waals surface area contributed by atoms with Crippen molar-refractivity contribution in [2.24, 2.45) is 0 Å². The van der Waals surface area contributed by atoms with E-state index >= 15 is 0 Å². The van der Waals surface area contributed by atoms with Gasteiger partial charge in [-0.15, -0.1) is 0 Å². The van der Waals surface area contributed by atoms with E-state index in [1.54, 1.807) is 23.9 Å². The van der Waals surface area contributed by atoms with Gasteiger partial charge in [0, 0.05) is 25.5 Å². The molecule has 1 atom stereocenters. The first-order valence-corrected chi connectivity index (χ1v) is 6.52. The quantitative estimate of drug-likeness (QED) is 0.775. The molecule has 5 nitrogen and oxygen atoms in total. The monoisotopic (exact) mass is 253 g/mol. The van der Waals surface area contributed by atoms with E-state index in [9.17, 15) is 9.90 Å². The molecule has 0 spiro atoms. The molecule has 0 aromatic carbocycles. The molecular weight excluding hydrogens is 230 g/mol. The molecule has 102 valence electrons. The smallest absolute Gasteiger partial charge is 0.293 e. The number of anilines is 1. The third kappa shape index (κ3) is 4.14. The Morgan fingerprint density at radius 1 is 1.44 bits per heavy atom. The highest BCUT2D eigenvalue weighted by atomic mass is 16.3. The van der Waals surface area contributed by atoms with E-state index in [2.05, 4.69) is 10.3 Å². The number of nitrogens with one attached hydrogen (secondary N) is 1. The zero-order chi connectivity index (χ0) is 13.6. The average molecular weight is 253 g/mol. The van der Waals surface area contributed by atoms with Crippen LogP contribution in [0.2, 0.25) is 0 Å². The molecule has 0 aliphatic carbocycles. The van der Waals surface area contributed by atoms with Crippen LogP contribution >= 0.6 is 0 Å². The van der Waals surface area contributed by atoms with Crippen LogP contribution in [0.4, 0.5) is 5.82 Å². The molecular formula is C13H23N3O2. The average Bonchev–Trinajstić information content (AvgIpc) is 2.30. The van der Waals surface area contributed by atoms with Crippen molar-refractivity contribution in [2.75, 3.05) is 11.9 Å². The molecule has 0 saturated heterocycles. The molecule has 5 heteroatoms. The number of aryl methyl sites for hydroxylation is 1. The summed E-state index contributed by atoms with van der Waals surface area (Å²) >= 11 is 0. The van der Waals surface area contributed by atoms with Gasteiger partial charge in [-0.05, 0) is 19.8 Å². The van der Waals surface area contributed by atoms with E-state index in [1.165, 1.54) is 0 Å². The molecule has 0 amide bonds. The maximum absolute atomic E-state index is 12.0. The lowest BCUT2D eigenvalue weighted by Gasteiger charge is -2.23. The van der Waals surface area contributed by atoms with E-state index in [1.807, 2.05) is 13.8 Å². The molecule has 18 heavy (non-hydrogen) atoms. The van der Waals surface area contributed by atoms with Gasteiger partial charge in [0.05, 0.1) is 5.60 Å². The second kappa shape index (κ2) is 6.54. The summed E-state index contributed by atoms with van der Waals surface area (Å²) in [5.74, 6) is 0.308. The summed E-state index contributed by atoms with van der Waals surface area (Å²) in [5.41, 5.74) is -0.944. The van der Waals surface area contributed by atoms with Gasteiger partial charge in [-0.25, -0.2) is 4.98 Å². The molecule has 1 aromatic rings. The maximum atomic E-state index is 12.0. The first kappa shape index (κ1) is 14.7. The molecule has 1 aromatic heterocycles. The maximum Gasteiger partial charge on any atom is 0.293 e. The molecule has 0 aliphatic heterocycles. The highest BCUT2D eigenvalue weighted by molar-refractivity contribution is 5.31. The van der Waals surface area contributed by atoms with E-state index in [-0.39, 0.29) is 5.56 Å². The van der Waals surface area contributed by atoms with Crippen LogP contribution in [-0.2, 0) is 6.54 Å². The van der Waals surface area contributed by atoms with Gasteiger partial charge < -0.3 is 15.0 Å². The second-order valence-electron chi connectivity index (χ2n) is 4.87. The Hall–Kier alpha value is -1.36. The summed E-state index contributed by atoms with van der Waals surface area (Å²) in [7, 11) is 0. The Kier molecular flexibility index (Phi) is 5.34. The third-order valence-corrected chi connectivity index (χ3v) is 2.80. The Morgan fingerprint density at radius 3 is 2.78 bits per heavy atom. The topological polar surface area (TPSA) is 67.2 Å². The third-order valence-electron chi connectivity index (χ3n) is 2.80. The van der Waals surface area contributed by atoms with Crippen molar-refractivity contribution < 1.29 is 5.11 Å². The summed E-state index contributed by atoms with van der Waals surface area (Å²) in [6, 6.07) is 0. The number of aliphatic hydroxyl groups is 1. The standard InChI is InChI=1S/C13H23N3O2/c1-4-6-13(3,18)10-15-11-12(17)16(8-5-2)9-7-14-11/h7,9,18H,4-6,8,10H2,1-3H3,(H,14,15). The summed E-state index contributed by atoms with van der Waals surface area (Å²) in [5, 5.41) is 13.0. The number of rotatable bonds is 7. The first-order valence-electron chi connectivity index (χ1n) is 6.52. The molecule has 1 unspecified atom stereocenters. The van der Waals surface area contributed by atoms with Crippen molar-refractivity contribution in [1.82, 2.24) is 9.55 Å². The van der Waals surface area contributed by atoms with E-state index in [0.29, 0.717) is 25.3 Å². The van der Waals surface area contributed by atoms with Gasteiger partial charge in [0.2, 0.25) is 0 Å². The number of aromatic nitrogens is 2. The molecule has 1 rings (SSSR count). The van der Waals surface area contributed by atoms with Crippen molar-refractivity contribution in [3.63, 3.8) is 0 Å².